The van der Waals surface area contributed by atoms with E-state index in [1.807, 2.05) is 0 Å². The second-order valence-corrected chi connectivity index (χ2v) is 4.26. The smallest absolute Gasteiger partial charge is 0.161 e. The van der Waals surface area contributed by atoms with Gasteiger partial charge in [0.15, 0.2) is 5.78 Å². The molecule has 92 valence electrons. The average Bonchev–Trinajstić information content (AvgIpc) is 2.26. The summed E-state index contributed by atoms with van der Waals surface area (Å²) in [5.41, 5.74) is 0.827. The lowest BCUT2D eigenvalue weighted by Gasteiger charge is -2.27. The van der Waals surface area contributed by atoms with Crippen LogP contribution in [0.4, 0.5) is 0 Å². The number of unbranched alkanes of at least 4 members (excludes halogenated alkanes) is 2. The molecule has 0 radical (unpaired) electrons. The van der Waals surface area contributed by atoms with Crippen molar-refractivity contribution in [2.75, 3.05) is 6.61 Å². The third kappa shape index (κ3) is 2.90. The molecule has 4 heteroatoms. The van der Waals surface area contributed by atoms with Gasteiger partial charge in [0.05, 0.1) is 12.7 Å². The Bertz CT molecular complexity index is 283. The first-order valence-corrected chi connectivity index (χ1v) is 5.83. The Kier molecular flexibility index (Phi) is 5.12. The monoisotopic (exact) mass is 228 g/mol. The Morgan fingerprint density at radius 1 is 1.31 bits per heavy atom. The number of aliphatic hydroxyl groups excluding tert-OH is 3. The average molecular weight is 228 g/mol. The van der Waals surface area contributed by atoms with Gasteiger partial charge in [0.2, 0.25) is 0 Å². The Labute approximate surface area is 95.6 Å². The van der Waals surface area contributed by atoms with Crippen LogP contribution in [0, 0.1) is 0 Å². The molecule has 1 aliphatic rings. The summed E-state index contributed by atoms with van der Waals surface area (Å²) in [6.45, 7) is 1.72. The quantitative estimate of drug-likeness (QED) is 0.600. The van der Waals surface area contributed by atoms with Gasteiger partial charge in [-0.3, -0.25) is 4.79 Å². The third-order valence-corrected chi connectivity index (χ3v) is 3.04. The van der Waals surface area contributed by atoms with Crippen LogP contribution in [0.5, 0.6) is 0 Å². The van der Waals surface area contributed by atoms with E-state index in [0.717, 1.165) is 19.3 Å². The van der Waals surface area contributed by atoms with Gasteiger partial charge in [-0.25, -0.2) is 0 Å². The molecule has 0 fully saturated rings. The molecule has 0 bridgehead atoms. The Morgan fingerprint density at radius 3 is 2.56 bits per heavy atom. The van der Waals surface area contributed by atoms with Gasteiger partial charge >= 0.3 is 0 Å². The predicted molar refractivity (Wildman–Crippen MR) is 59.9 cm³/mol. The number of ketones is 1. The van der Waals surface area contributed by atoms with Gasteiger partial charge in [-0.1, -0.05) is 19.8 Å². The van der Waals surface area contributed by atoms with Crippen LogP contribution in [0.25, 0.3) is 0 Å². The first kappa shape index (κ1) is 13.4. The number of carbonyl (C=O) groups excluding carboxylic acids is 1. The molecule has 0 aliphatic heterocycles. The van der Waals surface area contributed by atoms with E-state index in [2.05, 4.69) is 6.92 Å². The van der Waals surface area contributed by atoms with Crippen LogP contribution in [0.3, 0.4) is 0 Å². The highest BCUT2D eigenvalue weighted by Crippen LogP contribution is 2.26. The first-order chi connectivity index (χ1) is 7.61. The number of aliphatic hydroxyl groups is 3. The van der Waals surface area contributed by atoms with E-state index in [0.29, 0.717) is 17.6 Å². The molecular formula is C12H20O4. The van der Waals surface area contributed by atoms with Crippen molar-refractivity contribution in [2.45, 2.75) is 51.2 Å². The van der Waals surface area contributed by atoms with E-state index < -0.39 is 12.2 Å². The van der Waals surface area contributed by atoms with Gasteiger partial charge in [0.25, 0.3) is 0 Å². The van der Waals surface area contributed by atoms with Gasteiger partial charge < -0.3 is 15.3 Å². The fraction of sp³-hybridized carbons (Fsp3) is 0.750. The third-order valence-electron chi connectivity index (χ3n) is 3.04. The van der Waals surface area contributed by atoms with Crippen molar-refractivity contribution in [1.82, 2.24) is 0 Å². The number of hydrogen-bond acceptors (Lipinski definition) is 4. The van der Waals surface area contributed by atoms with Crippen molar-refractivity contribution in [3.05, 3.63) is 11.1 Å². The summed E-state index contributed by atoms with van der Waals surface area (Å²) in [6.07, 6.45) is 1.36. The van der Waals surface area contributed by atoms with Crippen LogP contribution in [-0.4, -0.2) is 39.9 Å². The molecule has 0 aromatic carbocycles. The molecule has 1 aliphatic carbocycles. The minimum Gasteiger partial charge on any atom is -0.392 e. The summed E-state index contributed by atoms with van der Waals surface area (Å²) in [5.74, 6) is -0.141. The molecular weight excluding hydrogens is 208 g/mol. The number of Topliss-reactive ketones (excluding diaryl/α,β-unsaturated/α-hetero) is 1. The lowest BCUT2D eigenvalue weighted by Crippen LogP contribution is -2.37. The molecule has 0 saturated heterocycles. The zero-order valence-electron chi connectivity index (χ0n) is 9.65. The molecule has 2 atom stereocenters. The van der Waals surface area contributed by atoms with Gasteiger partial charge in [0.1, 0.15) is 6.10 Å². The normalized spacial score (nSPS) is 26.4. The maximum atomic E-state index is 11.7. The van der Waals surface area contributed by atoms with Crippen molar-refractivity contribution in [3.8, 4) is 0 Å². The minimum atomic E-state index is -1.08. The zero-order chi connectivity index (χ0) is 12.1. The van der Waals surface area contributed by atoms with E-state index in [-0.39, 0.29) is 18.8 Å². The van der Waals surface area contributed by atoms with Crippen molar-refractivity contribution in [3.63, 3.8) is 0 Å². The SMILES string of the molecule is CCCCCC1=C(CO)[C@@H](O)[C@@H](O)CC1=O. The minimum absolute atomic E-state index is 0.0356. The van der Waals surface area contributed by atoms with Crippen molar-refractivity contribution >= 4 is 5.78 Å². The molecule has 4 nitrogen and oxygen atoms in total. The van der Waals surface area contributed by atoms with Gasteiger partial charge in [-0.05, 0) is 24.0 Å². The van der Waals surface area contributed by atoms with Crippen LogP contribution in [0.1, 0.15) is 39.0 Å². The molecule has 16 heavy (non-hydrogen) atoms. The van der Waals surface area contributed by atoms with E-state index >= 15 is 0 Å². The molecule has 0 spiro atoms. The number of allylic oxidation sites excluding steroid dienone is 1. The lowest BCUT2D eigenvalue weighted by atomic mass is 9.84. The summed E-state index contributed by atoms with van der Waals surface area (Å²) in [7, 11) is 0. The summed E-state index contributed by atoms with van der Waals surface area (Å²) < 4.78 is 0. The largest absolute Gasteiger partial charge is 0.392 e. The van der Waals surface area contributed by atoms with E-state index in [9.17, 15) is 15.0 Å². The highest BCUT2D eigenvalue weighted by atomic mass is 16.3. The van der Waals surface area contributed by atoms with Crippen LogP contribution >= 0.6 is 0 Å². The van der Waals surface area contributed by atoms with Gasteiger partial charge in [-0.2, -0.15) is 0 Å². The maximum absolute atomic E-state index is 11.7. The predicted octanol–water partition coefficient (Wildman–Crippen LogP) is 0.550. The summed E-state index contributed by atoms with van der Waals surface area (Å²) in [5, 5.41) is 28.2. The molecule has 0 heterocycles. The van der Waals surface area contributed by atoms with Crippen LogP contribution in [0.15, 0.2) is 11.1 Å². The number of rotatable bonds is 5. The molecule has 0 aromatic heterocycles. The number of carbonyl (C=O) groups is 1. The summed E-state index contributed by atoms with van der Waals surface area (Å²) in [6, 6.07) is 0. The fourth-order valence-electron chi connectivity index (χ4n) is 2.06. The van der Waals surface area contributed by atoms with Crippen molar-refractivity contribution in [1.29, 1.82) is 0 Å². The maximum Gasteiger partial charge on any atom is 0.161 e. The first-order valence-electron chi connectivity index (χ1n) is 5.83. The van der Waals surface area contributed by atoms with Crippen molar-refractivity contribution < 1.29 is 20.1 Å². The van der Waals surface area contributed by atoms with Crippen LogP contribution < -0.4 is 0 Å². The number of hydrogen-bond donors (Lipinski definition) is 3. The Hall–Kier alpha value is -0.710. The van der Waals surface area contributed by atoms with Crippen LogP contribution in [0.2, 0.25) is 0 Å². The highest BCUT2D eigenvalue weighted by Gasteiger charge is 2.32. The Morgan fingerprint density at radius 2 is 2.00 bits per heavy atom. The van der Waals surface area contributed by atoms with Crippen molar-refractivity contribution in [2.24, 2.45) is 0 Å². The molecule has 0 unspecified atom stereocenters. The highest BCUT2D eigenvalue weighted by molar-refractivity contribution is 5.97. The van der Waals surface area contributed by atoms with Gasteiger partial charge in [-0.15, -0.1) is 0 Å². The molecule has 0 amide bonds. The lowest BCUT2D eigenvalue weighted by molar-refractivity contribution is -0.120. The molecule has 0 saturated carbocycles. The summed E-state index contributed by atoms with van der Waals surface area (Å²) >= 11 is 0. The molecule has 3 N–H and O–H groups in total. The standard InChI is InChI=1S/C12H20O4/c1-2-3-4-5-8-9(7-13)12(16)11(15)6-10(8)14/h11-13,15-16H,2-7H2,1H3/t11-,12+/m0/s1. The van der Waals surface area contributed by atoms with Crippen LogP contribution in [-0.2, 0) is 4.79 Å². The Balaban J connectivity index is 2.80. The fourth-order valence-corrected chi connectivity index (χ4v) is 2.06. The second-order valence-electron chi connectivity index (χ2n) is 4.26. The second kappa shape index (κ2) is 6.13. The molecule has 1 rings (SSSR count). The van der Waals surface area contributed by atoms with Gasteiger partial charge in [0, 0.05) is 6.42 Å². The van der Waals surface area contributed by atoms with E-state index in [4.69, 9.17) is 5.11 Å². The van der Waals surface area contributed by atoms with E-state index in [1.165, 1.54) is 0 Å². The van der Waals surface area contributed by atoms with E-state index in [1.54, 1.807) is 0 Å². The topological polar surface area (TPSA) is 77.8 Å². The summed E-state index contributed by atoms with van der Waals surface area (Å²) in [4.78, 5) is 11.7. The molecule has 0 aromatic rings. The zero-order valence-corrected chi connectivity index (χ0v) is 9.65.